The molecule has 5 nitrogen and oxygen atoms in total. The molecule has 0 spiro atoms. The molecule has 0 aliphatic heterocycles. The number of benzene rings is 3. The molecule has 0 fully saturated rings. The van der Waals surface area contributed by atoms with Crippen LogP contribution in [0.4, 0.5) is 0 Å². The highest BCUT2D eigenvalue weighted by molar-refractivity contribution is 5.94. The van der Waals surface area contributed by atoms with Crippen LogP contribution in [0, 0.1) is 12.8 Å². The molecule has 5 heteroatoms. The maximum atomic E-state index is 13.8. The van der Waals surface area contributed by atoms with Crippen molar-refractivity contribution in [3.8, 4) is 11.3 Å². The molecular formula is C31H36N4O. The van der Waals surface area contributed by atoms with E-state index in [1.807, 2.05) is 53.4 Å². The molecular weight excluding hydrogens is 444 g/mol. The molecule has 1 aromatic heterocycles. The molecule has 2 N–H and O–H groups in total. The van der Waals surface area contributed by atoms with E-state index >= 15 is 0 Å². The van der Waals surface area contributed by atoms with Crippen LogP contribution >= 0.6 is 0 Å². The highest BCUT2D eigenvalue weighted by Gasteiger charge is 2.32. The van der Waals surface area contributed by atoms with Gasteiger partial charge in [0.15, 0.2) is 0 Å². The summed E-state index contributed by atoms with van der Waals surface area (Å²) in [6.45, 7) is 8.20. The van der Waals surface area contributed by atoms with E-state index in [-0.39, 0.29) is 17.9 Å². The third-order valence-electron chi connectivity index (χ3n) is 6.47. The topological polar surface area (TPSA) is 64.2 Å². The standard InChI is InChI=1S/C31H36N4O/c1-23(2)29(35(20-10-19-32)31(36)27-13-8-5-9-14-27)30-33-28(26-11-6-4-7-12-26)22-34(30)21-25-17-15-24(3)16-18-25/h4-9,11-18,22-23,29H,10,19-21,32H2,1-3H3/t29-/m1/s1. The van der Waals surface area contributed by atoms with Crippen molar-refractivity contribution in [2.45, 2.75) is 39.8 Å². The summed E-state index contributed by atoms with van der Waals surface area (Å²) >= 11 is 0. The fourth-order valence-electron chi connectivity index (χ4n) is 4.60. The van der Waals surface area contributed by atoms with Gasteiger partial charge in [0, 0.05) is 30.4 Å². The Morgan fingerprint density at radius 2 is 1.58 bits per heavy atom. The van der Waals surface area contributed by atoms with Crippen molar-refractivity contribution in [1.82, 2.24) is 14.5 Å². The lowest BCUT2D eigenvalue weighted by Gasteiger charge is -2.34. The number of aromatic nitrogens is 2. The molecule has 4 aromatic rings. The van der Waals surface area contributed by atoms with Gasteiger partial charge in [-0.2, -0.15) is 0 Å². The fourth-order valence-corrected chi connectivity index (χ4v) is 4.60. The van der Waals surface area contributed by atoms with Crippen LogP contribution in [0.15, 0.2) is 91.1 Å². The van der Waals surface area contributed by atoms with E-state index in [1.165, 1.54) is 11.1 Å². The van der Waals surface area contributed by atoms with E-state index in [9.17, 15) is 4.79 Å². The van der Waals surface area contributed by atoms with Crippen LogP contribution in [-0.4, -0.2) is 33.4 Å². The Bertz CT molecular complexity index is 1250. The van der Waals surface area contributed by atoms with Crippen molar-refractivity contribution in [1.29, 1.82) is 0 Å². The summed E-state index contributed by atoms with van der Waals surface area (Å²) in [6.07, 6.45) is 2.85. The summed E-state index contributed by atoms with van der Waals surface area (Å²) in [5.41, 5.74) is 11.0. The van der Waals surface area contributed by atoms with Gasteiger partial charge in [0.25, 0.3) is 5.91 Å². The van der Waals surface area contributed by atoms with Crippen LogP contribution in [-0.2, 0) is 6.54 Å². The molecule has 0 aliphatic rings. The number of hydrogen-bond donors (Lipinski definition) is 1. The third kappa shape index (κ3) is 5.92. The largest absolute Gasteiger partial charge is 0.330 e. The van der Waals surface area contributed by atoms with E-state index < -0.39 is 0 Å². The quantitative estimate of drug-likeness (QED) is 0.298. The van der Waals surface area contributed by atoms with Gasteiger partial charge in [-0.25, -0.2) is 4.98 Å². The zero-order valence-electron chi connectivity index (χ0n) is 21.5. The molecule has 3 aromatic carbocycles. The number of amides is 1. The minimum Gasteiger partial charge on any atom is -0.330 e. The van der Waals surface area contributed by atoms with Crippen molar-refractivity contribution in [2.75, 3.05) is 13.1 Å². The Morgan fingerprint density at radius 3 is 2.19 bits per heavy atom. The smallest absolute Gasteiger partial charge is 0.254 e. The van der Waals surface area contributed by atoms with Crippen molar-refractivity contribution in [2.24, 2.45) is 11.7 Å². The highest BCUT2D eigenvalue weighted by atomic mass is 16.2. The molecule has 0 radical (unpaired) electrons. The van der Waals surface area contributed by atoms with Crippen LogP contribution in [0.25, 0.3) is 11.3 Å². The molecule has 36 heavy (non-hydrogen) atoms. The Kier molecular flexibility index (Phi) is 8.34. The minimum atomic E-state index is -0.202. The van der Waals surface area contributed by atoms with Crippen molar-refractivity contribution >= 4 is 5.91 Å². The zero-order valence-corrected chi connectivity index (χ0v) is 21.5. The van der Waals surface area contributed by atoms with E-state index in [4.69, 9.17) is 10.7 Å². The van der Waals surface area contributed by atoms with E-state index in [2.05, 4.69) is 67.9 Å². The number of rotatable bonds is 10. The van der Waals surface area contributed by atoms with E-state index in [0.717, 1.165) is 23.5 Å². The SMILES string of the molecule is Cc1ccc(Cn2cc(-c3ccccc3)nc2[C@@H](C(C)C)N(CCCN)C(=O)c2ccccc2)cc1. The molecule has 186 valence electrons. The molecule has 0 saturated carbocycles. The maximum absolute atomic E-state index is 13.8. The first kappa shape index (κ1) is 25.4. The first-order chi connectivity index (χ1) is 17.5. The summed E-state index contributed by atoms with van der Waals surface area (Å²) in [7, 11) is 0. The van der Waals surface area contributed by atoms with Gasteiger partial charge >= 0.3 is 0 Å². The van der Waals surface area contributed by atoms with Gasteiger partial charge in [0.1, 0.15) is 5.82 Å². The summed E-state index contributed by atoms with van der Waals surface area (Å²) < 4.78 is 2.21. The summed E-state index contributed by atoms with van der Waals surface area (Å²) in [6, 6.07) is 28.1. The van der Waals surface area contributed by atoms with Crippen molar-refractivity contribution in [3.05, 3.63) is 114 Å². The molecule has 1 atom stereocenters. The molecule has 0 saturated heterocycles. The van der Waals surface area contributed by atoms with Gasteiger partial charge in [-0.05, 0) is 43.5 Å². The molecule has 0 aliphatic carbocycles. The third-order valence-corrected chi connectivity index (χ3v) is 6.47. The van der Waals surface area contributed by atoms with Crippen LogP contribution in [0.5, 0.6) is 0 Å². The number of nitrogens with zero attached hydrogens (tertiary/aromatic N) is 3. The maximum Gasteiger partial charge on any atom is 0.254 e. The van der Waals surface area contributed by atoms with Gasteiger partial charge in [-0.1, -0.05) is 92.2 Å². The zero-order chi connectivity index (χ0) is 25.5. The lowest BCUT2D eigenvalue weighted by atomic mass is 9.99. The Hall–Kier alpha value is -3.70. The number of aryl methyl sites for hydroxylation is 1. The van der Waals surface area contributed by atoms with Crippen LogP contribution in [0.1, 0.15) is 53.6 Å². The Morgan fingerprint density at radius 1 is 0.944 bits per heavy atom. The number of nitrogens with two attached hydrogens (primary N) is 1. The van der Waals surface area contributed by atoms with Crippen LogP contribution in [0.3, 0.4) is 0 Å². The lowest BCUT2D eigenvalue weighted by Crippen LogP contribution is -2.40. The summed E-state index contributed by atoms with van der Waals surface area (Å²) in [5.74, 6) is 1.05. The van der Waals surface area contributed by atoms with Crippen LogP contribution in [0.2, 0.25) is 0 Å². The Labute approximate surface area is 214 Å². The van der Waals surface area contributed by atoms with Crippen molar-refractivity contribution < 1.29 is 4.79 Å². The first-order valence-electron chi connectivity index (χ1n) is 12.7. The Balaban J connectivity index is 1.81. The summed E-state index contributed by atoms with van der Waals surface area (Å²) in [4.78, 5) is 20.9. The van der Waals surface area contributed by atoms with Crippen LogP contribution < -0.4 is 5.73 Å². The minimum absolute atomic E-state index is 0.00824. The second-order valence-corrected chi connectivity index (χ2v) is 9.66. The van der Waals surface area contributed by atoms with Gasteiger partial charge in [-0.15, -0.1) is 0 Å². The predicted molar refractivity (Wildman–Crippen MR) is 147 cm³/mol. The average Bonchev–Trinajstić information content (AvgIpc) is 3.31. The van der Waals surface area contributed by atoms with Crippen molar-refractivity contribution in [3.63, 3.8) is 0 Å². The van der Waals surface area contributed by atoms with Gasteiger partial charge < -0.3 is 15.2 Å². The van der Waals surface area contributed by atoms with Gasteiger partial charge in [0.05, 0.1) is 11.7 Å². The molecule has 4 rings (SSSR count). The average molecular weight is 481 g/mol. The highest BCUT2D eigenvalue weighted by Crippen LogP contribution is 2.32. The fraction of sp³-hybridized carbons (Fsp3) is 0.290. The molecule has 1 heterocycles. The molecule has 1 amide bonds. The number of carbonyl (C=O) groups is 1. The number of hydrogen-bond acceptors (Lipinski definition) is 3. The predicted octanol–water partition coefficient (Wildman–Crippen LogP) is 6.10. The summed E-state index contributed by atoms with van der Waals surface area (Å²) in [5, 5.41) is 0. The van der Waals surface area contributed by atoms with E-state index in [1.54, 1.807) is 0 Å². The number of imidazole rings is 1. The van der Waals surface area contributed by atoms with Gasteiger partial charge in [-0.3, -0.25) is 4.79 Å². The second kappa shape index (κ2) is 11.8. The second-order valence-electron chi connectivity index (χ2n) is 9.66. The normalized spacial score (nSPS) is 12.0. The molecule has 0 unspecified atom stereocenters. The molecule has 0 bridgehead atoms. The number of carbonyl (C=O) groups excluding carboxylic acids is 1. The van der Waals surface area contributed by atoms with E-state index in [0.29, 0.717) is 25.2 Å². The van der Waals surface area contributed by atoms with Gasteiger partial charge in [0.2, 0.25) is 0 Å². The monoisotopic (exact) mass is 480 g/mol. The first-order valence-corrected chi connectivity index (χ1v) is 12.7. The lowest BCUT2D eigenvalue weighted by molar-refractivity contribution is 0.0604.